The van der Waals surface area contributed by atoms with E-state index in [4.69, 9.17) is 5.73 Å². The highest BCUT2D eigenvalue weighted by molar-refractivity contribution is 7.84. The SMILES string of the molecule is CN1CC=CC=C1S.N/C=C\C=C/CS. The first-order valence-electron chi connectivity index (χ1n) is 4.63. The van der Waals surface area contributed by atoms with E-state index in [1.54, 1.807) is 6.08 Å². The van der Waals surface area contributed by atoms with Gasteiger partial charge in [-0.25, -0.2) is 0 Å². The Morgan fingerprint density at radius 2 is 2.27 bits per heavy atom. The van der Waals surface area contributed by atoms with Gasteiger partial charge in [-0.3, -0.25) is 0 Å². The molecule has 15 heavy (non-hydrogen) atoms. The number of hydrogen-bond donors (Lipinski definition) is 3. The van der Waals surface area contributed by atoms with Gasteiger partial charge in [-0.05, 0) is 18.4 Å². The third-order valence-corrected chi connectivity index (χ3v) is 2.32. The van der Waals surface area contributed by atoms with Crippen molar-refractivity contribution in [1.29, 1.82) is 0 Å². The maximum absolute atomic E-state index is 5.01. The molecule has 0 bridgehead atoms. The molecule has 0 aromatic heterocycles. The Hall–Kier alpha value is -0.740. The van der Waals surface area contributed by atoms with Crippen LogP contribution >= 0.6 is 25.3 Å². The zero-order valence-electron chi connectivity index (χ0n) is 8.87. The van der Waals surface area contributed by atoms with E-state index in [0.717, 1.165) is 17.3 Å². The molecule has 0 saturated carbocycles. The van der Waals surface area contributed by atoms with E-state index < -0.39 is 0 Å². The van der Waals surface area contributed by atoms with Crippen molar-refractivity contribution >= 4 is 25.3 Å². The summed E-state index contributed by atoms with van der Waals surface area (Å²) in [5, 5.41) is 1.03. The van der Waals surface area contributed by atoms with Gasteiger partial charge >= 0.3 is 0 Å². The number of nitrogens with zero attached hydrogens (tertiary/aromatic N) is 1. The molecule has 0 aromatic carbocycles. The number of allylic oxidation sites excluding steroid dienone is 4. The predicted octanol–water partition coefficient (Wildman–Crippen LogP) is 2.20. The van der Waals surface area contributed by atoms with Crippen LogP contribution in [-0.2, 0) is 0 Å². The van der Waals surface area contributed by atoms with Crippen molar-refractivity contribution in [2.75, 3.05) is 19.3 Å². The zero-order valence-corrected chi connectivity index (χ0v) is 10.7. The topological polar surface area (TPSA) is 29.3 Å². The summed E-state index contributed by atoms with van der Waals surface area (Å²) in [6.07, 6.45) is 13.1. The summed E-state index contributed by atoms with van der Waals surface area (Å²) in [4.78, 5) is 2.07. The standard InChI is InChI=1S/C6H9NS.C5H9NS/c1-7-5-3-2-4-6(7)8;6-4-2-1-3-5-7/h2-4,8H,5H2,1H3;1-4,7H,5-6H2/b;3-1-,4-2-. The van der Waals surface area contributed by atoms with E-state index in [9.17, 15) is 0 Å². The summed E-state index contributed by atoms with van der Waals surface area (Å²) >= 11 is 8.12. The molecule has 0 fully saturated rings. The van der Waals surface area contributed by atoms with Crippen LogP contribution in [0.4, 0.5) is 0 Å². The molecule has 0 saturated heterocycles. The summed E-state index contributed by atoms with van der Waals surface area (Å²) in [7, 11) is 2.02. The van der Waals surface area contributed by atoms with Crippen LogP contribution in [0.25, 0.3) is 0 Å². The lowest BCUT2D eigenvalue weighted by atomic mass is 10.4. The molecule has 0 aromatic rings. The molecule has 0 spiro atoms. The fourth-order valence-corrected chi connectivity index (χ4v) is 1.09. The van der Waals surface area contributed by atoms with Crippen LogP contribution in [-0.4, -0.2) is 24.2 Å². The normalized spacial score (nSPS) is 15.4. The molecule has 2 N–H and O–H groups in total. The molecule has 0 atom stereocenters. The Bertz CT molecular complexity index is 268. The van der Waals surface area contributed by atoms with E-state index in [-0.39, 0.29) is 0 Å². The van der Waals surface area contributed by atoms with E-state index in [2.05, 4.69) is 36.2 Å². The first-order valence-corrected chi connectivity index (χ1v) is 5.71. The quantitative estimate of drug-likeness (QED) is 0.512. The van der Waals surface area contributed by atoms with E-state index >= 15 is 0 Å². The van der Waals surface area contributed by atoms with Crippen LogP contribution in [0.1, 0.15) is 0 Å². The largest absolute Gasteiger partial charge is 0.405 e. The minimum absolute atomic E-state index is 0.768. The highest BCUT2D eigenvalue weighted by atomic mass is 32.1. The van der Waals surface area contributed by atoms with Crippen LogP contribution in [0.5, 0.6) is 0 Å². The van der Waals surface area contributed by atoms with Crippen molar-refractivity contribution in [3.05, 3.63) is 47.7 Å². The van der Waals surface area contributed by atoms with Gasteiger partial charge in [-0.15, -0.1) is 12.6 Å². The molecule has 1 aliphatic rings. The molecule has 2 nitrogen and oxygen atoms in total. The van der Waals surface area contributed by atoms with E-state index in [1.807, 2.05) is 31.4 Å². The molecule has 4 heteroatoms. The minimum Gasteiger partial charge on any atom is -0.405 e. The van der Waals surface area contributed by atoms with Crippen LogP contribution < -0.4 is 5.73 Å². The molecule has 84 valence electrons. The predicted molar refractivity (Wildman–Crippen MR) is 75.2 cm³/mol. The lowest BCUT2D eigenvalue weighted by molar-refractivity contribution is 0.493. The Morgan fingerprint density at radius 3 is 2.67 bits per heavy atom. The summed E-state index contributed by atoms with van der Waals surface area (Å²) in [5.74, 6) is 0.768. The minimum atomic E-state index is 0.768. The maximum atomic E-state index is 5.01. The van der Waals surface area contributed by atoms with E-state index in [0.29, 0.717) is 0 Å². The molecule has 0 radical (unpaired) electrons. The summed E-state index contributed by atoms with van der Waals surface area (Å²) in [6.45, 7) is 0.981. The summed E-state index contributed by atoms with van der Waals surface area (Å²) in [5.41, 5.74) is 5.01. The van der Waals surface area contributed by atoms with Crippen LogP contribution in [0.15, 0.2) is 47.7 Å². The van der Waals surface area contributed by atoms with Crippen molar-refractivity contribution in [2.45, 2.75) is 0 Å². The van der Waals surface area contributed by atoms with Crippen molar-refractivity contribution in [3.8, 4) is 0 Å². The molecule has 1 aliphatic heterocycles. The van der Waals surface area contributed by atoms with Crippen LogP contribution in [0, 0.1) is 0 Å². The van der Waals surface area contributed by atoms with Crippen molar-refractivity contribution in [3.63, 3.8) is 0 Å². The first kappa shape index (κ1) is 14.3. The van der Waals surface area contributed by atoms with Gasteiger partial charge < -0.3 is 10.6 Å². The number of thiol groups is 2. The van der Waals surface area contributed by atoms with Gasteiger partial charge in [0.1, 0.15) is 0 Å². The molecular weight excluding hydrogens is 224 g/mol. The first-order chi connectivity index (χ1) is 7.22. The Balaban J connectivity index is 0.000000265. The lowest BCUT2D eigenvalue weighted by Gasteiger charge is -2.18. The molecule has 1 heterocycles. The van der Waals surface area contributed by atoms with Crippen LogP contribution in [0.2, 0.25) is 0 Å². The summed E-state index contributed by atoms with van der Waals surface area (Å²) < 4.78 is 0. The highest BCUT2D eigenvalue weighted by Crippen LogP contribution is 2.09. The van der Waals surface area contributed by atoms with Gasteiger partial charge in [0.2, 0.25) is 0 Å². The van der Waals surface area contributed by atoms with E-state index in [1.165, 1.54) is 6.20 Å². The van der Waals surface area contributed by atoms with Crippen molar-refractivity contribution in [1.82, 2.24) is 4.90 Å². The Labute approximate surface area is 103 Å². The zero-order chi connectivity index (χ0) is 11.5. The highest BCUT2D eigenvalue weighted by Gasteiger charge is 1.97. The molecule has 0 amide bonds. The smallest absolute Gasteiger partial charge is 0.0676 e. The van der Waals surface area contributed by atoms with Gasteiger partial charge in [0.05, 0.1) is 5.03 Å². The number of hydrogen-bond acceptors (Lipinski definition) is 4. The van der Waals surface area contributed by atoms with Gasteiger partial charge in [0.25, 0.3) is 0 Å². The van der Waals surface area contributed by atoms with Crippen molar-refractivity contribution < 1.29 is 0 Å². The lowest BCUT2D eigenvalue weighted by Crippen LogP contribution is -2.15. The van der Waals surface area contributed by atoms with Crippen LogP contribution in [0.3, 0.4) is 0 Å². The molecule has 1 rings (SSSR count). The average molecular weight is 242 g/mol. The van der Waals surface area contributed by atoms with Gasteiger partial charge in [-0.1, -0.05) is 24.3 Å². The van der Waals surface area contributed by atoms with Gasteiger partial charge in [-0.2, -0.15) is 12.6 Å². The van der Waals surface area contributed by atoms with Gasteiger partial charge in [0.15, 0.2) is 0 Å². The molecule has 0 aliphatic carbocycles. The number of nitrogens with two attached hydrogens (primary N) is 1. The Morgan fingerprint density at radius 1 is 1.53 bits per heavy atom. The second-order valence-electron chi connectivity index (χ2n) is 2.83. The fraction of sp³-hybridized carbons (Fsp3) is 0.273. The third kappa shape index (κ3) is 8.27. The second-order valence-corrected chi connectivity index (χ2v) is 3.65. The molecular formula is C11H18N2S2. The third-order valence-electron chi connectivity index (χ3n) is 1.62. The Kier molecular flexibility index (Phi) is 9.32. The van der Waals surface area contributed by atoms with Gasteiger partial charge in [0, 0.05) is 19.3 Å². The maximum Gasteiger partial charge on any atom is 0.0676 e. The fourth-order valence-electron chi connectivity index (χ4n) is 0.797. The monoisotopic (exact) mass is 242 g/mol. The van der Waals surface area contributed by atoms with Crippen molar-refractivity contribution in [2.24, 2.45) is 5.73 Å². The average Bonchev–Trinajstić information content (AvgIpc) is 2.24. The summed E-state index contributed by atoms with van der Waals surface area (Å²) in [6, 6.07) is 0. The molecule has 0 unspecified atom stereocenters. The number of rotatable bonds is 2. The second kappa shape index (κ2) is 9.80. The number of likely N-dealkylation sites (N-methyl/N-ethyl adjacent to an activating group) is 1.